The maximum atomic E-state index is 12.7. The number of nitrogens with zero attached hydrogens (tertiary/aromatic N) is 5. The minimum Gasteiger partial charge on any atom is -0.403 e. The largest absolute Gasteiger partial charge is 0.403 e. The maximum absolute atomic E-state index is 12.7. The Kier molecular flexibility index (Phi) is 4.23. The van der Waals surface area contributed by atoms with Crippen LogP contribution in [-0.4, -0.2) is 33.4 Å². The van der Waals surface area contributed by atoms with Gasteiger partial charge < -0.3 is 4.42 Å². The van der Waals surface area contributed by atoms with Gasteiger partial charge in [-0.05, 0) is 18.2 Å². The molecular weight excluding hydrogens is 400 g/mol. The molecule has 28 heavy (non-hydrogen) atoms. The summed E-state index contributed by atoms with van der Waals surface area (Å²) in [6.45, 7) is 6.21. The number of aromatic nitrogens is 5. The summed E-state index contributed by atoms with van der Waals surface area (Å²) in [7, 11) is -2.13. The van der Waals surface area contributed by atoms with Crippen molar-refractivity contribution in [1.29, 1.82) is 0 Å². The molecule has 0 fully saturated rings. The highest BCUT2D eigenvalue weighted by Crippen LogP contribution is 2.32. The van der Waals surface area contributed by atoms with Gasteiger partial charge in [0.05, 0.1) is 31.9 Å². The molecule has 1 N–H and O–H groups in total. The lowest BCUT2D eigenvalue weighted by Crippen LogP contribution is -2.13. The fourth-order valence-corrected chi connectivity index (χ4v) is 4.57. The topological polar surface area (TPSA) is 116 Å². The molecule has 0 atom stereocenters. The minimum absolute atomic E-state index is 0.102. The summed E-state index contributed by atoms with van der Waals surface area (Å²) >= 11 is 1.48. The number of anilines is 1. The summed E-state index contributed by atoms with van der Waals surface area (Å²) in [6, 6.07) is 4.60. The highest BCUT2D eigenvalue weighted by molar-refractivity contribution is 7.92. The van der Waals surface area contributed by atoms with Gasteiger partial charge in [0.1, 0.15) is 0 Å². The molecule has 0 aliphatic heterocycles. The van der Waals surface area contributed by atoms with Gasteiger partial charge in [-0.15, -0.1) is 16.4 Å². The molecule has 11 heteroatoms. The average Bonchev–Trinajstić information content (AvgIpc) is 3.31. The Morgan fingerprint density at radius 1 is 1.21 bits per heavy atom. The highest BCUT2D eigenvalue weighted by atomic mass is 32.2. The van der Waals surface area contributed by atoms with E-state index in [0.717, 1.165) is 15.2 Å². The molecule has 9 nitrogen and oxygen atoms in total. The zero-order valence-corrected chi connectivity index (χ0v) is 17.3. The molecule has 4 rings (SSSR count). The van der Waals surface area contributed by atoms with E-state index in [-0.39, 0.29) is 22.2 Å². The van der Waals surface area contributed by atoms with Crippen molar-refractivity contribution in [2.24, 2.45) is 7.05 Å². The van der Waals surface area contributed by atoms with Crippen LogP contribution in [0.4, 0.5) is 6.01 Å². The molecule has 0 bridgehead atoms. The summed E-state index contributed by atoms with van der Waals surface area (Å²) in [6.07, 6.45) is 3.24. The van der Waals surface area contributed by atoms with E-state index in [9.17, 15) is 8.42 Å². The van der Waals surface area contributed by atoms with Gasteiger partial charge in [-0.1, -0.05) is 25.9 Å². The third kappa shape index (κ3) is 3.50. The van der Waals surface area contributed by atoms with Crippen LogP contribution in [-0.2, 0) is 22.5 Å². The monoisotopic (exact) mass is 418 g/mol. The summed E-state index contributed by atoms with van der Waals surface area (Å²) < 4.78 is 35.6. The van der Waals surface area contributed by atoms with Crippen molar-refractivity contribution in [3.05, 3.63) is 35.6 Å². The molecule has 3 aromatic heterocycles. The van der Waals surface area contributed by atoms with Crippen LogP contribution in [0.3, 0.4) is 0 Å². The predicted octanol–water partition coefficient (Wildman–Crippen LogP) is 3.18. The zero-order valence-electron chi connectivity index (χ0n) is 15.7. The van der Waals surface area contributed by atoms with E-state index in [1.54, 1.807) is 36.3 Å². The summed E-state index contributed by atoms with van der Waals surface area (Å²) in [4.78, 5) is 4.69. The number of hydrogen-bond donors (Lipinski definition) is 1. The number of hydrogen-bond acceptors (Lipinski definition) is 8. The van der Waals surface area contributed by atoms with Crippen molar-refractivity contribution in [2.75, 3.05) is 4.72 Å². The Labute approximate surface area is 165 Å². The molecule has 0 aliphatic rings. The Balaban J connectivity index is 1.62. The van der Waals surface area contributed by atoms with Gasteiger partial charge in [-0.2, -0.15) is 5.10 Å². The number of nitrogens with one attached hydrogen (secondary N) is 1. The molecule has 3 heterocycles. The molecule has 0 aliphatic carbocycles. The second kappa shape index (κ2) is 6.38. The van der Waals surface area contributed by atoms with Crippen molar-refractivity contribution >= 4 is 37.6 Å². The average molecular weight is 419 g/mol. The SMILES string of the molecule is Cn1cc(-c2nnc(NS(=O)(=O)c3ccc4nc(C(C)(C)C)sc4c3)o2)cn1. The van der Waals surface area contributed by atoms with Crippen LogP contribution in [0.15, 0.2) is 39.9 Å². The number of rotatable bonds is 4. The lowest BCUT2D eigenvalue weighted by molar-refractivity contribution is 0.577. The first-order valence-electron chi connectivity index (χ1n) is 8.38. The smallest absolute Gasteiger partial charge is 0.330 e. The molecule has 0 saturated carbocycles. The minimum atomic E-state index is -3.88. The van der Waals surface area contributed by atoms with E-state index in [1.807, 2.05) is 0 Å². The molecule has 146 valence electrons. The van der Waals surface area contributed by atoms with E-state index >= 15 is 0 Å². The number of thiazole rings is 1. The number of sulfonamides is 1. The van der Waals surface area contributed by atoms with Gasteiger partial charge >= 0.3 is 6.01 Å². The predicted molar refractivity (Wildman–Crippen MR) is 106 cm³/mol. The van der Waals surface area contributed by atoms with Crippen LogP contribution in [0.1, 0.15) is 25.8 Å². The maximum Gasteiger partial charge on any atom is 0.330 e. The second-order valence-corrected chi connectivity index (χ2v) is 10.0. The summed E-state index contributed by atoms with van der Waals surface area (Å²) in [5.41, 5.74) is 1.26. The molecule has 0 radical (unpaired) electrons. The van der Waals surface area contributed by atoms with Crippen LogP contribution in [0.25, 0.3) is 21.7 Å². The van der Waals surface area contributed by atoms with E-state index in [2.05, 4.69) is 45.8 Å². The highest BCUT2D eigenvalue weighted by Gasteiger charge is 2.22. The Morgan fingerprint density at radius 2 is 2.00 bits per heavy atom. The Hall–Kier alpha value is -2.79. The zero-order chi connectivity index (χ0) is 20.1. The number of benzene rings is 1. The van der Waals surface area contributed by atoms with Crippen LogP contribution in [0, 0.1) is 0 Å². The summed E-state index contributed by atoms with van der Waals surface area (Å²) in [5, 5.41) is 12.6. The van der Waals surface area contributed by atoms with Crippen molar-refractivity contribution in [3.63, 3.8) is 0 Å². The van der Waals surface area contributed by atoms with Crippen molar-refractivity contribution in [2.45, 2.75) is 31.1 Å². The van der Waals surface area contributed by atoms with Gasteiger partial charge in [0.15, 0.2) is 0 Å². The molecule has 0 unspecified atom stereocenters. The van der Waals surface area contributed by atoms with E-state index in [1.165, 1.54) is 17.4 Å². The standard InChI is InChI=1S/C17H18N6O3S2/c1-17(2,3)15-19-12-6-5-11(7-13(12)27-15)28(24,25)22-16-21-20-14(26-16)10-8-18-23(4)9-10/h5-9H,1-4H3,(H,21,22). The first kappa shape index (κ1) is 18.6. The van der Waals surface area contributed by atoms with E-state index < -0.39 is 10.0 Å². The molecular formula is C17H18N6O3S2. The van der Waals surface area contributed by atoms with Crippen molar-refractivity contribution < 1.29 is 12.8 Å². The van der Waals surface area contributed by atoms with Crippen LogP contribution < -0.4 is 4.72 Å². The van der Waals surface area contributed by atoms with Crippen LogP contribution >= 0.6 is 11.3 Å². The van der Waals surface area contributed by atoms with Crippen LogP contribution in [0.2, 0.25) is 0 Å². The quantitative estimate of drug-likeness (QED) is 0.541. The lowest BCUT2D eigenvalue weighted by Gasteiger charge is -2.13. The first-order valence-corrected chi connectivity index (χ1v) is 10.7. The van der Waals surface area contributed by atoms with Crippen LogP contribution in [0.5, 0.6) is 0 Å². The molecule has 0 spiro atoms. The molecule has 0 saturated heterocycles. The lowest BCUT2D eigenvalue weighted by atomic mass is 9.98. The summed E-state index contributed by atoms with van der Waals surface area (Å²) in [5.74, 6) is 0.179. The van der Waals surface area contributed by atoms with Gasteiger partial charge in [0, 0.05) is 18.7 Å². The molecule has 0 amide bonds. The van der Waals surface area contributed by atoms with Gasteiger partial charge in [0.2, 0.25) is 0 Å². The van der Waals surface area contributed by atoms with E-state index in [4.69, 9.17) is 4.42 Å². The normalized spacial score (nSPS) is 12.6. The van der Waals surface area contributed by atoms with Crippen molar-refractivity contribution in [1.82, 2.24) is 25.0 Å². The Morgan fingerprint density at radius 3 is 2.68 bits per heavy atom. The third-order valence-electron chi connectivity index (χ3n) is 3.91. The van der Waals surface area contributed by atoms with Crippen molar-refractivity contribution in [3.8, 4) is 11.5 Å². The third-order valence-corrected chi connectivity index (χ3v) is 6.67. The fraction of sp³-hybridized carbons (Fsp3) is 0.294. The number of fused-ring (bicyclic) bond motifs is 1. The second-order valence-electron chi connectivity index (χ2n) is 7.32. The molecule has 4 aromatic rings. The van der Waals surface area contributed by atoms with Gasteiger partial charge in [0.25, 0.3) is 15.9 Å². The first-order chi connectivity index (χ1) is 13.1. The fourth-order valence-electron chi connectivity index (χ4n) is 2.48. The van der Waals surface area contributed by atoms with Gasteiger partial charge in [-0.25, -0.2) is 18.1 Å². The Bertz CT molecular complexity index is 1260. The van der Waals surface area contributed by atoms with E-state index in [0.29, 0.717) is 5.56 Å². The molecule has 1 aromatic carbocycles. The van der Waals surface area contributed by atoms with Gasteiger partial charge in [-0.3, -0.25) is 4.68 Å². The number of aryl methyl sites for hydroxylation is 1.